The molecular weight excluding hydrogens is 516 g/mol. The lowest BCUT2D eigenvalue weighted by Gasteiger charge is -2.42. The van der Waals surface area contributed by atoms with E-state index in [1.165, 1.54) is 14.7 Å². The van der Waals surface area contributed by atoms with Gasteiger partial charge in [0.15, 0.2) is 0 Å². The molecule has 0 saturated heterocycles. The van der Waals surface area contributed by atoms with Crippen LogP contribution in [0.3, 0.4) is 0 Å². The van der Waals surface area contributed by atoms with E-state index in [2.05, 4.69) is 6.58 Å². The van der Waals surface area contributed by atoms with Crippen molar-refractivity contribution in [3.63, 3.8) is 0 Å². The molecule has 0 N–H and O–H groups in total. The van der Waals surface area contributed by atoms with Gasteiger partial charge in [0, 0.05) is 10.8 Å². The summed E-state index contributed by atoms with van der Waals surface area (Å²) in [5.41, 5.74) is 0.572. The van der Waals surface area contributed by atoms with Crippen LogP contribution in [0, 0.1) is 0 Å². The maximum atomic E-state index is 14.2. The lowest BCUT2D eigenvalue weighted by molar-refractivity contribution is 0.574. The van der Waals surface area contributed by atoms with Gasteiger partial charge in [-0.1, -0.05) is 91.0 Å². The molecule has 0 saturated carbocycles. The number of anilines is 2. The maximum Gasteiger partial charge on any atom is 0.265 e. The Morgan fingerprint density at radius 2 is 1.08 bits per heavy atom. The largest absolute Gasteiger partial charge is 0.265 e. The van der Waals surface area contributed by atoms with Crippen LogP contribution in [0.1, 0.15) is 0 Å². The molecule has 0 unspecified atom stereocenters. The van der Waals surface area contributed by atoms with Crippen LogP contribution in [0.5, 0.6) is 0 Å². The Morgan fingerprint density at radius 3 is 1.66 bits per heavy atom. The standard InChI is InChI=1S/C30H24N2O4S2/c1-2-24-21-31(37(33,34)29-19-9-13-22-11-3-5-15-25(22)29)27-17-7-8-18-28(27)32(24)38(35,36)30-20-10-14-23-12-4-6-16-26(23)30/h2-20,24H,1,21H2/t24-/m1/s1. The van der Waals surface area contributed by atoms with Gasteiger partial charge in [0.1, 0.15) is 0 Å². The SMILES string of the molecule is C=C[C@@H]1CN(S(=O)(=O)c2cccc3ccccc23)c2ccccc2N1S(=O)(=O)c1cccc2ccccc12. The molecule has 1 atom stereocenters. The first-order valence-corrected chi connectivity index (χ1v) is 15.0. The van der Waals surface area contributed by atoms with Gasteiger partial charge in [0.05, 0.1) is 33.8 Å². The van der Waals surface area contributed by atoms with Crippen molar-refractivity contribution in [2.75, 3.05) is 15.2 Å². The Hall–Kier alpha value is -4.14. The summed E-state index contributed by atoms with van der Waals surface area (Å²) in [7, 11) is -8.14. The van der Waals surface area contributed by atoms with Gasteiger partial charge in [0.25, 0.3) is 20.0 Å². The minimum absolute atomic E-state index is 0.115. The predicted molar refractivity (Wildman–Crippen MR) is 153 cm³/mol. The normalized spacial score (nSPS) is 15.9. The topological polar surface area (TPSA) is 74.8 Å². The number of benzene rings is 5. The summed E-state index contributed by atoms with van der Waals surface area (Å²) in [6.07, 6.45) is 1.49. The van der Waals surface area contributed by atoms with E-state index < -0.39 is 26.1 Å². The monoisotopic (exact) mass is 540 g/mol. The van der Waals surface area contributed by atoms with Crippen LogP contribution in [-0.2, 0) is 20.0 Å². The third-order valence-corrected chi connectivity index (χ3v) is 10.7. The second kappa shape index (κ2) is 9.01. The van der Waals surface area contributed by atoms with Crippen molar-refractivity contribution >= 4 is 53.0 Å². The van der Waals surface area contributed by atoms with Gasteiger partial charge in [-0.05, 0) is 35.0 Å². The van der Waals surface area contributed by atoms with Crippen LogP contribution in [-0.4, -0.2) is 29.4 Å². The van der Waals surface area contributed by atoms with E-state index in [-0.39, 0.29) is 22.0 Å². The third kappa shape index (κ3) is 3.68. The summed E-state index contributed by atoms with van der Waals surface area (Å²) in [5.74, 6) is 0. The zero-order valence-corrected chi connectivity index (χ0v) is 21.9. The molecule has 1 heterocycles. The molecule has 0 aliphatic carbocycles. The van der Waals surface area contributed by atoms with Crippen molar-refractivity contribution < 1.29 is 16.8 Å². The first-order valence-electron chi connectivity index (χ1n) is 12.1. The number of hydrogen-bond acceptors (Lipinski definition) is 4. The van der Waals surface area contributed by atoms with E-state index in [4.69, 9.17) is 0 Å². The number of para-hydroxylation sites is 2. The van der Waals surface area contributed by atoms with E-state index in [0.717, 1.165) is 10.8 Å². The van der Waals surface area contributed by atoms with Crippen LogP contribution in [0.25, 0.3) is 21.5 Å². The molecule has 0 bridgehead atoms. The van der Waals surface area contributed by atoms with Gasteiger partial charge < -0.3 is 0 Å². The van der Waals surface area contributed by atoms with Crippen molar-refractivity contribution in [2.45, 2.75) is 15.8 Å². The zero-order valence-electron chi connectivity index (χ0n) is 20.3. The minimum atomic E-state index is -4.09. The summed E-state index contributed by atoms with van der Waals surface area (Å²) >= 11 is 0. The number of rotatable bonds is 5. The quantitative estimate of drug-likeness (QED) is 0.258. The average molecular weight is 541 g/mol. The molecule has 5 aromatic rings. The van der Waals surface area contributed by atoms with Gasteiger partial charge >= 0.3 is 0 Å². The fourth-order valence-electron chi connectivity index (χ4n) is 5.15. The Kier molecular flexibility index (Phi) is 5.74. The highest BCUT2D eigenvalue weighted by Gasteiger charge is 2.42. The first kappa shape index (κ1) is 24.2. The maximum absolute atomic E-state index is 14.2. The van der Waals surface area contributed by atoms with E-state index in [1.54, 1.807) is 72.8 Å². The third-order valence-electron chi connectivity index (χ3n) is 6.92. The average Bonchev–Trinajstić information content (AvgIpc) is 2.95. The fraction of sp³-hybridized carbons (Fsp3) is 0.0667. The van der Waals surface area contributed by atoms with Crippen molar-refractivity contribution in [1.82, 2.24) is 0 Å². The highest BCUT2D eigenvalue weighted by Crippen LogP contribution is 2.43. The van der Waals surface area contributed by atoms with E-state index >= 15 is 0 Å². The molecule has 1 aliphatic heterocycles. The number of fused-ring (bicyclic) bond motifs is 3. The van der Waals surface area contributed by atoms with Crippen LogP contribution in [0.4, 0.5) is 11.4 Å². The molecule has 0 radical (unpaired) electrons. The molecule has 38 heavy (non-hydrogen) atoms. The van der Waals surface area contributed by atoms with Gasteiger partial charge in [-0.3, -0.25) is 8.61 Å². The first-order chi connectivity index (χ1) is 18.3. The van der Waals surface area contributed by atoms with Gasteiger partial charge in [0.2, 0.25) is 0 Å². The van der Waals surface area contributed by atoms with Crippen LogP contribution in [0.2, 0.25) is 0 Å². The summed E-state index contributed by atoms with van der Waals surface area (Å²) < 4.78 is 59.4. The molecule has 6 nitrogen and oxygen atoms in total. The summed E-state index contributed by atoms with van der Waals surface area (Å²) in [4.78, 5) is 0.321. The zero-order chi connectivity index (χ0) is 26.5. The van der Waals surface area contributed by atoms with Crippen molar-refractivity contribution in [1.29, 1.82) is 0 Å². The molecule has 8 heteroatoms. The summed E-state index contributed by atoms with van der Waals surface area (Å²) in [5, 5.41) is 2.81. The minimum Gasteiger partial charge on any atom is -0.262 e. The summed E-state index contributed by atoms with van der Waals surface area (Å²) in [6, 6.07) is 30.8. The molecular formula is C30H24N2O4S2. The highest BCUT2D eigenvalue weighted by atomic mass is 32.2. The molecule has 5 aromatic carbocycles. The van der Waals surface area contributed by atoms with Crippen molar-refractivity contribution in [2.24, 2.45) is 0 Å². The number of hydrogen-bond donors (Lipinski definition) is 0. The molecule has 0 amide bonds. The molecule has 190 valence electrons. The van der Waals surface area contributed by atoms with Gasteiger partial charge in [-0.15, -0.1) is 6.58 Å². The fourth-order valence-corrected chi connectivity index (χ4v) is 8.72. The molecule has 6 rings (SSSR count). The molecule has 0 aromatic heterocycles. The Morgan fingerprint density at radius 1 is 0.605 bits per heavy atom. The van der Waals surface area contributed by atoms with Crippen molar-refractivity contribution in [3.05, 3.63) is 122 Å². The lowest BCUT2D eigenvalue weighted by atomic mass is 10.1. The lowest BCUT2D eigenvalue weighted by Crippen LogP contribution is -2.52. The smallest absolute Gasteiger partial charge is 0.262 e. The highest BCUT2D eigenvalue weighted by molar-refractivity contribution is 7.93. The van der Waals surface area contributed by atoms with Crippen LogP contribution < -0.4 is 8.61 Å². The summed E-state index contributed by atoms with van der Waals surface area (Å²) in [6.45, 7) is 3.77. The van der Waals surface area contributed by atoms with Gasteiger partial charge in [-0.2, -0.15) is 0 Å². The van der Waals surface area contributed by atoms with E-state index in [9.17, 15) is 16.8 Å². The predicted octanol–water partition coefficient (Wildman–Crippen LogP) is 5.95. The second-order valence-corrected chi connectivity index (χ2v) is 12.7. The molecule has 1 aliphatic rings. The van der Waals surface area contributed by atoms with Crippen LogP contribution in [0.15, 0.2) is 132 Å². The van der Waals surface area contributed by atoms with Gasteiger partial charge in [-0.25, -0.2) is 16.8 Å². The molecule has 0 spiro atoms. The Balaban J connectivity index is 1.55. The Labute approximate surface area is 222 Å². The number of sulfonamides is 2. The number of nitrogens with zero attached hydrogens (tertiary/aromatic N) is 2. The van der Waals surface area contributed by atoms with E-state index in [0.29, 0.717) is 16.5 Å². The van der Waals surface area contributed by atoms with E-state index in [1.807, 2.05) is 36.4 Å². The molecule has 0 fully saturated rings. The second-order valence-electron chi connectivity index (χ2n) is 9.08. The Bertz CT molecular complexity index is 1920. The van der Waals surface area contributed by atoms with Crippen molar-refractivity contribution in [3.8, 4) is 0 Å². The van der Waals surface area contributed by atoms with Crippen LogP contribution >= 0.6 is 0 Å².